The highest BCUT2D eigenvalue weighted by atomic mass is 19.1. The number of amides is 1. The molecule has 0 radical (unpaired) electrons. The second-order valence-corrected chi connectivity index (χ2v) is 8.00. The molecule has 1 amide bonds. The molecule has 0 aliphatic heterocycles. The molecule has 33 heavy (non-hydrogen) atoms. The monoisotopic (exact) mass is 443 g/mol. The molecule has 3 heterocycles. The molecular weight excluding hydrogens is 421 g/mol. The summed E-state index contributed by atoms with van der Waals surface area (Å²) >= 11 is 0. The molecule has 0 atom stereocenters. The number of rotatable bonds is 6. The van der Waals surface area contributed by atoms with Gasteiger partial charge in [0.25, 0.3) is 0 Å². The van der Waals surface area contributed by atoms with Gasteiger partial charge in [-0.2, -0.15) is 5.10 Å². The number of carbonyl (C=O) groups is 1. The van der Waals surface area contributed by atoms with Crippen molar-refractivity contribution in [2.45, 2.75) is 19.9 Å². The normalized spacial score (nSPS) is 11.2. The smallest absolute Gasteiger partial charge is 0.227 e. The molecule has 7 nitrogen and oxygen atoms in total. The van der Waals surface area contributed by atoms with Gasteiger partial charge in [-0.3, -0.25) is 4.79 Å². The fourth-order valence-electron chi connectivity index (χ4n) is 4.03. The average Bonchev–Trinajstić information content (AvgIpc) is 3.55. The predicted molar refractivity (Wildman–Crippen MR) is 122 cm³/mol. The molecule has 166 valence electrons. The lowest BCUT2D eigenvalue weighted by molar-refractivity contribution is -0.129. The zero-order chi connectivity index (χ0) is 22.9. The molecule has 0 fully saturated rings. The van der Waals surface area contributed by atoms with Gasteiger partial charge in [0, 0.05) is 42.0 Å². The third kappa shape index (κ3) is 4.03. The SMILES string of the molecule is Cc1cc(CN(C)C(=O)Cc2c(-c3ccccc3-n3cccn3)[nH]c3ccc(F)cc23)on1. The summed E-state index contributed by atoms with van der Waals surface area (Å²) in [5.74, 6) is 0.136. The standard InChI is InChI=1S/C25H22FN5O2/c1-16-12-18(33-29-16)15-30(2)24(32)14-21-20-13-17(26)8-9-22(20)28-25(21)19-6-3-4-7-23(19)31-11-5-10-27-31/h3-13,28H,14-15H2,1-2H3. The number of fused-ring (bicyclic) bond motifs is 1. The van der Waals surface area contributed by atoms with Crippen LogP contribution in [0.3, 0.4) is 0 Å². The van der Waals surface area contributed by atoms with E-state index in [-0.39, 0.29) is 18.1 Å². The van der Waals surface area contributed by atoms with E-state index in [9.17, 15) is 9.18 Å². The lowest BCUT2D eigenvalue weighted by Crippen LogP contribution is -2.27. The number of H-pyrrole nitrogens is 1. The highest BCUT2D eigenvalue weighted by Crippen LogP contribution is 2.34. The van der Waals surface area contributed by atoms with Gasteiger partial charge in [0.15, 0.2) is 5.76 Å². The van der Waals surface area contributed by atoms with Crippen molar-refractivity contribution >= 4 is 16.8 Å². The molecule has 0 aliphatic carbocycles. The lowest BCUT2D eigenvalue weighted by atomic mass is 10.0. The van der Waals surface area contributed by atoms with Gasteiger partial charge < -0.3 is 14.4 Å². The molecule has 0 saturated heterocycles. The molecule has 3 aromatic heterocycles. The Morgan fingerprint density at radius 2 is 2.03 bits per heavy atom. The van der Waals surface area contributed by atoms with E-state index in [1.54, 1.807) is 35.0 Å². The number of likely N-dealkylation sites (N-methyl/N-ethyl adjacent to an activating group) is 1. The maximum absolute atomic E-state index is 14.2. The number of aromatic amines is 1. The summed E-state index contributed by atoms with van der Waals surface area (Å²) in [6.07, 6.45) is 3.66. The van der Waals surface area contributed by atoms with Crippen LogP contribution in [0.25, 0.3) is 27.8 Å². The van der Waals surface area contributed by atoms with Crippen LogP contribution in [-0.4, -0.2) is 37.8 Å². The Balaban J connectivity index is 1.57. The van der Waals surface area contributed by atoms with Crippen molar-refractivity contribution in [3.05, 3.63) is 89.8 Å². The van der Waals surface area contributed by atoms with Gasteiger partial charge in [-0.25, -0.2) is 9.07 Å². The fourth-order valence-corrected chi connectivity index (χ4v) is 4.03. The molecule has 0 saturated carbocycles. The van der Waals surface area contributed by atoms with Gasteiger partial charge in [0.2, 0.25) is 5.91 Å². The lowest BCUT2D eigenvalue weighted by Gasteiger charge is -2.16. The zero-order valence-electron chi connectivity index (χ0n) is 18.2. The van der Waals surface area contributed by atoms with E-state index in [4.69, 9.17) is 4.52 Å². The van der Waals surface area contributed by atoms with Crippen LogP contribution in [0.15, 0.2) is 71.5 Å². The Morgan fingerprint density at radius 1 is 1.18 bits per heavy atom. The van der Waals surface area contributed by atoms with Crippen molar-refractivity contribution in [1.29, 1.82) is 0 Å². The van der Waals surface area contributed by atoms with Crippen molar-refractivity contribution in [3.8, 4) is 16.9 Å². The third-order valence-corrected chi connectivity index (χ3v) is 5.62. The number of aromatic nitrogens is 4. The quantitative estimate of drug-likeness (QED) is 0.414. The number of benzene rings is 2. The minimum absolute atomic E-state index is 0.0931. The summed E-state index contributed by atoms with van der Waals surface area (Å²) in [7, 11) is 1.72. The summed E-state index contributed by atoms with van der Waals surface area (Å²) in [5, 5.41) is 8.91. The summed E-state index contributed by atoms with van der Waals surface area (Å²) < 4.78 is 21.2. The highest BCUT2D eigenvalue weighted by Gasteiger charge is 2.21. The molecular formula is C25H22FN5O2. The molecule has 0 bridgehead atoms. The number of para-hydroxylation sites is 1. The van der Waals surface area contributed by atoms with E-state index in [0.29, 0.717) is 17.7 Å². The van der Waals surface area contributed by atoms with E-state index < -0.39 is 0 Å². The van der Waals surface area contributed by atoms with Gasteiger partial charge in [0.05, 0.1) is 30.0 Å². The van der Waals surface area contributed by atoms with Crippen LogP contribution < -0.4 is 0 Å². The number of hydrogen-bond acceptors (Lipinski definition) is 4. The van der Waals surface area contributed by atoms with Gasteiger partial charge in [-0.1, -0.05) is 23.4 Å². The Hall–Kier alpha value is -4.20. The number of halogens is 1. The number of nitrogens with zero attached hydrogens (tertiary/aromatic N) is 4. The first-order valence-electron chi connectivity index (χ1n) is 10.6. The molecule has 5 rings (SSSR count). The number of hydrogen-bond donors (Lipinski definition) is 1. The highest BCUT2D eigenvalue weighted by molar-refractivity contribution is 5.96. The van der Waals surface area contributed by atoms with E-state index in [1.165, 1.54) is 12.1 Å². The van der Waals surface area contributed by atoms with E-state index in [2.05, 4.69) is 15.2 Å². The minimum Gasteiger partial charge on any atom is -0.359 e. The first-order chi connectivity index (χ1) is 16.0. The number of nitrogens with one attached hydrogen (secondary N) is 1. The maximum Gasteiger partial charge on any atom is 0.227 e. The van der Waals surface area contributed by atoms with Crippen molar-refractivity contribution in [3.63, 3.8) is 0 Å². The van der Waals surface area contributed by atoms with Gasteiger partial charge in [0.1, 0.15) is 5.82 Å². The molecule has 0 unspecified atom stereocenters. The maximum atomic E-state index is 14.2. The minimum atomic E-state index is -0.354. The first kappa shape index (κ1) is 20.7. The second kappa shape index (κ2) is 8.38. The van der Waals surface area contributed by atoms with E-state index >= 15 is 0 Å². The number of carbonyl (C=O) groups excluding carboxylic acids is 1. The zero-order valence-corrected chi connectivity index (χ0v) is 18.2. The van der Waals surface area contributed by atoms with E-state index in [0.717, 1.165) is 33.7 Å². The molecule has 5 aromatic rings. The molecule has 8 heteroatoms. The third-order valence-electron chi connectivity index (χ3n) is 5.62. The number of aryl methyl sites for hydroxylation is 1. The molecule has 0 spiro atoms. The van der Waals surface area contributed by atoms with Gasteiger partial charge in [-0.15, -0.1) is 0 Å². The van der Waals surface area contributed by atoms with Crippen LogP contribution in [0.5, 0.6) is 0 Å². The van der Waals surface area contributed by atoms with Gasteiger partial charge in [-0.05, 0) is 42.8 Å². The molecule has 0 aliphatic rings. The fraction of sp³-hybridized carbons (Fsp3) is 0.160. The second-order valence-electron chi connectivity index (χ2n) is 8.00. The van der Waals surface area contributed by atoms with Crippen LogP contribution in [0, 0.1) is 12.7 Å². The summed E-state index contributed by atoms with van der Waals surface area (Å²) in [4.78, 5) is 18.2. The Morgan fingerprint density at radius 3 is 2.79 bits per heavy atom. The summed E-state index contributed by atoms with van der Waals surface area (Å²) in [6.45, 7) is 2.13. The summed E-state index contributed by atoms with van der Waals surface area (Å²) in [6, 6.07) is 16.0. The Bertz CT molecular complexity index is 1430. The Kier molecular flexibility index (Phi) is 5.26. The van der Waals surface area contributed by atoms with Crippen molar-refractivity contribution in [2.24, 2.45) is 0 Å². The Labute approximate surface area is 189 Å². The van der Waals surface area contributed by atoms with Crippen molar-refractivity contribution < 1.29 is 13.7 Å². The topological polar surface area (TPSA) is 80.0 Å². The molecule has 1 N–H and O–H groups in total. The average molecular weight is 443 g/mol. The van der Waals surface area contributed by atoms with E-state index in [1.807, 2.05) is 43.5 Å². The van der Waals surface area contributed by atoms with Crippen LogP contribution in [0.2, 0.25) is 0 Å². The van der Waals surface area contributed by atoms with Crippen molar-refractivity contribution in [1.82, 2.24) is 24.8 Å². The first-order valence-corrected chi connectivity index (χ1v) is 10.6. The summed E-state index contributed by atoms with van der Waals surface area (Å²) in [5.41, 5.74) is 4.74. The predicted octanol–water partition coefficient (Wildman–Crippen LogP) is 4.66. The van der Waals surface area contributed by atoms with Crippen LogP contribution in [0.4, 0.5) is 4.39 Å². The van der Waals surface area contributed by atoms with Crippen molar-refractivity contribution in [2.75, 3.05) is 7.05 Å². The van der Waals surface area contributed by atoms with Gasteiger partial charge >= 0.3 is 0 Å². The van der Waals surface area contributed by atoms with Crippen LogP contribution in [0.1, 0.15) is 17.0 Å². The van der Waals surface area contributed by atoms with Crippen LogP contribution >= 0.6 is 0 Å². The van der Waals surface area contributed by atoms with Crippen LogP contribution in [-0.2, 0) is 17.8 Å². The molecule has 2 aromatic carbocycles. The largest absolute Gasteiger partial charge is 0.359 e.